The molecular formula is C16H15N3O2S2. The molecule has 118 valence electrons. The Bertz CT molecular complexity index is 971. The molecule has 2 N–H and O–H groups in total. The topological polar surface area (TPSA) is 66.9 Å². The Morgan fingerprint density at radius 1 is 1.39 bits per heavy atom. The zero-order valence-corrected chi connectivity index (χ0v) is 14.1. The highest BCUT2D eigenvalue weighted by molar-refractivity contribution is 7.71. The average Bonchev–Trinajstić information content (AvgIpc) is 3.05. The lowest BCUT2D eigenvalue weighted by atomic mass is 10.1. The molecule has 2 aromatic heterocycles. The molecule has 0 radical (unpaired) electrons. The van der Waals surface area contributed by atoms with E-state index in [9.17, 15) is 9.59 Å². The standard InChI is InChI=1S/C16H15N3O2S2/c1-19-15(21)12-5-4-10(9-13(12)18-16(19)22)14(20)17-7-6-11-3-2-8-23-11/h2-5,8-9H,6-7H2,1H3,(H,17,20)(H,18,22). The Labute approximate surface area is 141 Å². The van der Waals surface area contributed by atoms with Crippen LogP contribution in [0.1, 0.15) is 15.2 Å². The first-order valence-electron chi connectivity index (χ1n) is 7.10. The molecule has 1 aromatic carbocycles. The van der Waals surface area contributed by atoms with E-state index in [1.54, 1.807) is 36.6 Å². The van der Waals surface area contributed by atoms with Gasteiger partial charge in [-0.15, -0.1) is 11.3 Å². The molecule has 23 heavy (non-hydrogen) atoms. The summed E-state index contributed by atoms with van der Waals surface area (Å²) in [5.74, 6) is -0.163. The van der Waals surface area contributed by atoms with E-state index in [1.807, 2.05) is 17.5 Å². The van der Waals surface area contributed by atoms with E-state index in [4.69, 9.17) is 12.2 Å². The van der Waals surface area contributed by atoms with E-state index < -0.39 is 0 Å². The second kappa shape index (κ2) is 6.47. The maximum Gasteiger partial charge on any atom is 0.261 e. The zero-order chi connectivity index (χ0) is 16.4. The van der Waals surface area contributed by atoms with E-state index in [2.05, 4.69) is 10.3 Å². The van der Waals surface area contributed by atoms with Crippen LogP contribution in [0.25, 0.3) is 10.9 Å². The molecule has 5 nitrogen and oxygen atoms in total. The number of hydrogen-bond acceptors (Lipinski definition) is 4. The molecule has 0 fully saturated rings. The number of carbonyl (C=O) groups is 1. The van der Waals surface area contributed by atoms with E-state index >= 15 is 0 Å². The summed E-state index contributed by atoms with van der Waals surface area (Å²) in [5.41, 5.74) is 0.903. The molecule has 1 amide bonds. The predicted molar refractivity (Wildman–Crippen MR) is 94.7 cm³/mol. The first kappa shape index (κ1) is 15.6. The van der Waals surface area contributed by atoms with Gasteiger partial charge in [0, 0.05) is 24.0 Å². The van der Waals surface area contributed by atoms with Gasteiger partial charge in [0.1, 0.15) is 0 Å². The van der Waals surface area contributed by atoms with Crippen LogP contribution in [-0.4, -0.2) is 22.0 Å². The minimum Gasteiger partial charge on any atom is -0.352 e. The molecule has 0 saturated heterocycles. The van der Waals surface area contributed by atoms with Gasteiger partial charge >= 0.3 is 0 Å². The quantitative estimate of drug-likeness (QED) is 0.715. The van der Waals surface area contributed by atoms with Gasteiger partial charge < -0.3 is 10.3 Å². The van der Waals surface area contributed by atoms with Gasteiger partial charge in [-0.25, -0.2) is 0 Å². The van der Waals surface area contributed by atoms with Crippen LogP contribution in [0.4, 0.5) is 0 Å². The summed E-state index contributed by atoms with van der Waals surface area (Å²) in [5, 5.41) is 5.41. The first-order chi connectivity index (χ1) is 11.1. The number of fused-ring (bicyclic) bond motifs is 1. The molecule has 2 heterocycles. The van der Waals surface area contributed by atoms with Gasteiger partial charge in [0.25, 0.3) is 11.5 Å². The highest BCUT2D eigenvalue weighted by Gasteiger charge is 2.09. The minimum atomic E-state index is -0.173. The number of aromatic nitrogens is 2. The Kier molecular flexibility index (Phi) is 4.40. The van der Waals surface area contributed by atoms with Crippen LogP contribution in [0.2, 0.25) is 0 Å². The molecule has 0 aliphatic heterocycles. The monoisotopic (exact) mass is 345 g/mol. The van der Waals surface area contributed by atoms with Crippen LogP contribution in [0, 0.1) is 4.77 Å². The van der Waals surface area contributed by atoms with E-state index in [1.165, 1.54) is 9.44 Å². The Morgan fingerprint density at radius 3 is 2.96 bits per heavy atom. The number of benzene rings is 1. The van der Waals surface area contributed by atoms with Crippen molar-refractivity contribution in [1.29, 1.82) is 0 Å². The summed E-state index contributed by atoms with van der Waals surface area (Å²) in [6.07, 6.45) is 0.806. The second-order valence-electron chi connectivity index (χ2n) is 5.14. The van der Waals surface area contributed by atoms with Crippen LogP contribution in [0.3, 0.4) is 0 Å². The molecule has 0 saturated carbocycles. The van der Waals surface area contributed by atoms with Crippen LogP contribution in [0.15, 0.2) is 40.5 Å². The molecule has 0 spiro atoms. The summed E-state index contributed by atoms with van der Waals surface area (Å²) < 4.78 is 1.70. The number of H-pyrrole nitrogens is 1. The van der Waals surface area contributed by atoms with Crippen molar-refractivity contribution < 1.29 is 4.79 Å². The Hall–Kier alpha value is -2.25. The summed E-state index contributed by atoms with van der Waals surface area (Å²) in [6, 6.07) is 9.00. The third-order valence-electron chi connectivity index (χ3n) is 3.60. The molecule has 0 unspecified atom stereocenters. The predicted octanol–water partition coefficient (Wildman–Crippen LogP) is 2.63. The number of nitrogens with one attached hydrogen (secondary N) is 2. The molecular weight excluding hydrogens is 330 g/mol. The number of hydrogen-bond donors (Lipinski definition) is 2. The summed E-state index contributed by atoms with van der Waals surface area (Å²) in [7, 11) is 1.62. The van der Waals surface area contributed by atoms with Crippen LogP contribution < -0.4 is 10.9 Å². The van der Waals surface area contributed by atoms with Crippen molar-refractivity contribution in [2.45, 2.75) is 6.42 Å². The summed E-state index contributed by atoms with van der Waals surface area (Å²) in [4.78, 5) is 28.5. The van der Waals surface area contributed by atoms with Gasteiger partial charge in [-0.3, -0.25) is 14.2 Å². The highest BCUT2D eigenvalue weighted by Crippen LogP contribution is 2.11. The van der Waals surface area contributed by atoms with Crippen LogP contribution in [0.5, 0.6) is 0 Å². The maximum atomic E-state index is 12.2. The molecule has 0 aliphatic carbocycles. The largest absolute Gasteiger partial charge is 0.352 e. The number of nitrogens with zero attached hydrogens (tertiary/aromatic N) is 1. The third-order valence-corrected chi connectivity index (χ3v) is 4.91. The third kappa shape index (κ3) is 3.25. The smallest absolute Gasteiger partial charge is 0.261 e. The van der Waals surface area contributed by atoms with E-state index in [-0.39, 0.29) is 11.5 Å². The molecule has 3 rings (SSSR count). The van der Waals surface area contributed by atoms with Crippen molar-refractivity contribution >= 4 is 40.4 Å². The SMILES string of the molecule is Cn1c(=S)[nH]c2cc(C(=O)NCCc3cccs3)ccc2c1=O. The normalized spacial score (nSPS) is 10.8. The fourth-order valence-electron chi connectivity index (χ4n) is 2.30. The van der Waals surface area contributed by atoms with Crippen molar-refractivity contribution in [1.82, 2.24) is 14.9 Å². The van der Waals surface area contributed by atoms with Crippen LogP contribution in [-0.2, 0) is 13.5 Å². The van der Waals surface area contributed by atoms with Crippen molar-refractivity contribution in [3.63, 3.8) is 0 Å². The number of amides is 1. The van der Waals surface area contributed by atoms with Gasteiger partial charge in [-0.2, -0.15) is 0 Å². The lowest BCUT2D eigenvalue weighted by Gasteiger charge is -2.07. The van der Waals surface area contributed by atoms with Gasteiger partial charge in [0.15, 0.2) is 4.77 Å². The minimum absolute atomic E-state index is 0.163. The zero-order valence-electron chi connectivity index (χ0n) is 12.5. The Balaban J connectivity index is 1.80. The fraction of sp³-hybridized carbons (Fsp3) is 0.188. The molecule has 3 aromatic rings. The number of thiophene rings is 1. The number of rotatable bonds is 4. The Morgan fingerprint density at radius 2 is 2.22 bits per heavy atom. The average molecular weight is 345 g/mol. The van der Waals surface area contributed by atoms with Crippen molar-refractivity contribution in [3.05, 3.63) is 61.3 Å². The lowest BCUT2D eigenvalue weighted by molar-refractivity contribution is 0.0954. The number of aromatic amines is 1. The second-order valence-corrected chi connectivity index (χ2v) is 6.56. The molecule has 0 aliphatic rings. The van der Waals surface area contributed by atoms with Crippen molar-refractivity contribution in [2.75, 3.05) is 6.54 Å². The van der Waals surface area contributed by atoms with Crippen molar-refractivity contribution in [3.8, 4) is 0 Å². The first-order valence-corrected chi connectivity index (χ1v) is 8.39. The molecule has 0 atom stereocenters. The van der Waals surface area contributed by atoms with E-state index in [0.29, 0.717) is 27.8 Å². The number of carbonyl (C=O) groups excluding carboxylic acids is 1. The van der Waals surface area contributed by atoms with Gasteiger partial charge in [-0.05, 0) is 48.3 Å². The summed E-state index contributed by atoms with van der Waals surface area (Å²) >= 11 is 6.77. The van der Waals surface area contributed by atoms with Crippen LogP contribution >= 0.6 is 23.6 Å². The molecule has 7 heteroatoms. The molecule has 0 bridgehead atoms. The van der Waals surface area contributed by atoms with Crippen molar-refractivity contribution in [2.24, 2.45) is 7.05 Å². The van der Waals surface area contributed by atoms with Gasteiger partial charge in [0.2, 0.25) is 0 Å². The van der Waals surface area contributed by atoms with Gasteiger partial charge in [0.05, 0.1) is 10.9 Å². The van der Waals surface area contributed by atoms with E-state index in [0.717, 1.165) is 6.42 Å². The lowest BCUT2D eigenvalue weighted by Crippen LogP contribution is -2.26. The highest BCUT2D eigenvalue weighted by atomic mass is 32.1. The van der Waals surface area contributed by atoms with Gasteiger partial charge in [-0.1, -0.05) is 6.07 Å². The maximum absolute atomic E-state index is 12.2. The summed E-state index contributed by atoms with van der Waals surface area (Å²) in [6.45, 7) is 0.573. The fourth-order valence-corrected chi connectivity index (χ4v) is 3.21.